The Morgan fingerprint density at radius 2 is 1.40 bits per heavy atom. The minimum Gasteiger partial charge on any atom is -0.301 e. The first-order chi connectivity index (χ1) is 12.0. The third kappa shape index (κ3) is 2.04. The number of fused-ring (bicyclic) bond motifs is 1. The number of amides is 3. The van der Waals surface area contributed by atoms with Crippen molar-refractivity contribution in [1.29, 1.82) is 0 Å². The number of β-lactam (4-membered cyclic amide) rings is 1. The molecule has 0 saturated carbocycles. The molecular weight excluding hydrogens is 320 g/mol. The molecule has 0 bridgehead atoms. The van der Waals surface area contributed by atoms with Crippen LogP contribution in [0.3, 0.4) is 0 Å². The van der Waals surface area contributed by atoms with Gasteiger partial charge in [0.25, 0.3) is 17.7 Å². The molecule has 2 heterocycles. The molecule has 6 heteroatoms. The first-order valence-corrected chi connectivity index (χ1v) is 7.86. The maximum absolute atomic E-state index is 12.7. The number of benzene rings is 2. The van der Waals surface area contributed by atoms with Crippen molar-refractivity contribution in [3.05, 3.63) is 65.2 Å². The van der Waals surface area contributed by atoms with Crippen LogP contribution in [0.1, 0.15) is 26.3 Å². The zero-order chi connectivity index (χ0) is 17.7. The summed E-state index contributed by atoms with van der Waals surface area (Å²) in [7, 11) is 0. The molecule has 2 aromatic rings. The van der Waals surface area contributed by atoms with Crippen LogP contribution in [0.4, 0.5) is 5.69 Å². The number of aldehydes is 1. The first-order valence-electron chi connectivity index (χ1n) is 7.86. The fourth-order valence-corrected chi connectivity index (χ4v) is 3.36. The number of anilines is 1. The maximum Gasteiger partial charge on any atom is 0.262 e. The highest BCUT2D eigenvalue weighted by molar-refractivity contribution is 6.25. The number of nitrogens with zero attached hydrogens (tertiary/aromatic N) is 2. The summed E-state index contributed by atoms with van der Waals surface area (Å²) in [6.45, 7) is 1.92. The summed E-state index contributed by atoms with van der Waals surface area (Å²) in [5.41, 5.74) is 2.12. The number of rotatable bonds is 3. The van der Waals surface area contributed by atoms with Crippen LogP contribution in [0.5, 0.6) is 0 Å². The third-order valence-corrected chi connectivity index (χ3v) is 4.67. The summed E-state index contributed by atoms with van der Waals surface area (Å²) in [5.74, 6) is -1.50. The van der Waals surface area contributed by atoms with Gasteiger partial charge in [0.2, 0.25) is 0 Å². The number of hydrogen-bond acceptors (Lipinski definition) is 4. The smallest absolute Gasteiger partial charge is 0.262 e. The second-order valence-electron chi connectivity index (χ2n) is 6.14. The summed E-state index contributed by atoms with van der Waals surface area (Å²) in [5, 5.41) is 0. The number of hydrogen-bond donors (Lipinski definition) is 0. The molecule has 0 spiro atoms. The molecule has 0 aliphatic carbocycles. The molecule has 25 heavy (non-hydrogen) atoms. The molecule has 3 amide bonds. The molecular formula is C19H14N2O4. The van der Waals surface area contributed by atoms with E-state index in [9.17, 15) is 19.2 Å². The van der Waals surface area contributed by atoms with Crippen molar-refractivity contribution < 1.29 is 19.2 Å². The topological polar surface area (TPSA) is 74.8 Å². The number of carbonyl (C=O) groups excluding carboxylic acids is 4. The Bertz CT molecular complexity index is 884. The molecule has 1 saturated heterocycles. The van der Waals surface area contributed by atoms with Crippen LogP contribution in [0, 0.1) is 6.92 Å². The van der Waals surface area contributed by atoms with Crippen LogP contribution in [-0.4, -0.2) is 41.0 Å². The van der Waals surface area contributed by atoms with E-state index < -0.39 is 29.8 Å². The number of aryl methyl sites for hydroxylation is 1. The Labute approximate surface area is 143 Å². The average Bonchev–Trinajstić information content (AvgIpc) is 2.87. The minimum absolute atomic E-state index is 0.263. The molecule has 2 atom stereocenters. The summed E-state index contributed by atoms with van der Waals surface area (Å²) in [4.78, 5) is 51.6. The van der Waals surface area contributed by atoms with Gasteiger partial charge in [-0.05, 0) is 31.2 Å². The molecule has 0 radical (unpaired) electrons. The minimum atomic E-state index is -1.09. The highest BCUT2D eigenvalue weighted by Crippen LogP contribution is 2.35. The van der Waals surface area contributed by atoms with E-state index in [1.54, 1.807) is 36.4 Å². The van der Waals surface area contributed by atoms with Crippen molar-refractivity contribution >= 4 is 29.7 Å². The fraction of sp³-hybridized carbons (Fsp3) is 0.158. The lowest BCUT2D eigenvalue weighted by atomic mass is 9.93. The largest absolute Gasteiger partial charge is 0.301 e. The summed E-state index contributed by atoms with van der Waals surface area (Å²) < 4.78 is 0. The lowest BCUT2D eigenvalue weighted by Crippen LogP contribution is -2.72. The fourth-order valence-electron chi connectivity index (χ4n) is 3.36. The molecule has 2 aromatic carbocycles. The molecule has 2 unspecified atom stereocenters. The predicted molar refractivity (Wildman–Crippen MR) is 89.2 cm³/mol. The van der Waals surface area contributed by atoms with E-state index in [-0.39, 0.29) is 11.1 Å². The Balaban J connectivity index is 1.68. The van der Waals surface area contributed by atoms with Gasteiger partial charge in [-0.2, -0.15) is 0 Å². The summed E-state index contributed by atoms with van der Waals surface area (Å²) in [6.07, 6.45) is 0.607. The number of carbonyl (C=O) groups is 4. The van der Waals surface area contributed by atoms with Crippen LogP contribution in [-0.2, 0) is 9.59 Å². The van der Waals surface area contributed by atoms with Crippen LogP contribution in [0.15, 0.2) is 48.5 Å². The van der Waals surface area contributed by atoms with Crippen molar-refractivity contribution in [3.8, 4) is 0 Å². The number of imide groups is 1. The van der Waals surface area contributed by atoms with E-state index in [0.717, 1.165) is 10.5 Å². The molecule has 2 aliphatic heterocycles. The van der Waals surface area contributed by atoms with Gasteiger partial charge in [-0.3, -0.25) is 24.2 Å². The normalized spacial score (nSPS) is 22.0. The van der Waals surface area contributed by atoms with Crippen molar-refractivity contribution in [2.24, 2.45) is 0 Å². The van der Waals surface area contributed by atoms with Crippen LogP contribution < -0.4 is 4.90 Å². The van der Waals surface area contributed by atoms with Crippen molar-refractivity contribution in [2.75, 3.05) is 4.90 Å². The van der Waals surface area contributed by atoms with Gasteiger partial charge in [-0.1, -0.05) is 29.8 Å². The Morgan fingerprint density at radius 1 is 0.840 bits per heavy atom. The molecule has 4 rings (SSSR count). The third-order valence-electron chi connectivity index (χ3n) is 4.67. The molecule has 0 aromatic heterocycles. The lowest BCUT2D eigenvalue weighted by molar-refractivity contribution is -0.133. The van der Waals surface area contributed by atoms with Crippen molar-refractivity contribution in [1.82, 2.24) is 4.90 Å². The Hall–Kier alpha value is -3.28. The highest BCUT2D eigenvalue weighted by Gasteiger charge is 2.56. The quantitative estimate of drug-likeness (QED) is 0.485. The Kier molecular flexibility index (Phi) is 3.28. The molecule has 2 aliphatic rings. The highest BCUT2D eigenvalue weighted by atomic mass is 16.2. The van der Waals surface area contributed by atoms with E-state index in [2.05, 4.69) is 0 Å². The van der Waals surface area contributed by atoms with E-state index in [1.165, 1.54) is 4.90 Å². The van der Waals surface area contributed by atoms with Gasteiger partial charge < -0.3 is 4.79 Å². The molecule has 0 N–H and O–H groups in total. The second kappa shape index (κ2) is 5.37. The van der Waals surface area contributed by atoms with Crippen LogP contribution in [0.25, 0.3) is 0 Å². The van der Waals surface area contributed by atoms with Crippen LogP contribution in [0.2, 0.25) is 0 Å². The predicted octanol–water partition coefficient (Wildman–Crippen LogP) is 1.57. The van der Waals surface area contributed by atoms with E-state index >= 15 is 0 Å². The summed E-state index contributed by atoms with van der Waals surface area (Å²) in [6, 6.07) is 11.6. The van der Waals surface area contributed by atoms with Crippen LogP contribution >= 0.6 is 0 Å². The first kappa shape index (κ1) is 15.3. The SMILES string of the molecule is Cc1ccc(N2C(=O)C(N3C(=O)c4ccccc4C3=O)C2C=O)cc1. The average molecular weight is 334 g/mol. The van der Waals surface area contributed by atoms with E-state index in [4.69, 9.17) is 0 Å². The molecule has 124 valence electrons. The van der Waals surface area contributed by atoms with Gasteiger partial charge in [-0.15, -0.1) is 0 Å². The Morgan fingerprint density at radius 3 is 1.92 bits per heavy atom. The zero-order valence-corrected chi connectivity index (χ0v) is 13.4. The van der Waals surface area contributed by atoms with Gasteiger partial charge in [0.1, 0.15) is 18.4 Å². The zero-order valence-electron chi connectivity index (χ0n) is 13.4. The monoisotopic (exact) mass is 334 g/mol. The van der Waals surface area contributed by atoms with Gasteiger partial charge in [0.05, 0.1) is 11.1 Å². The molecule has 6 nitrogen and oxygen atoms in total. The van der Waals surface area contributed by atoms with Gasteiger partial charge in [0.15, 0.2) is 0 Å². The molecule has 1 fully saturated rings. The van der Waals surface area contributed by atoms with E-state index in [0.29, 0.717) is 12.0 Å². The van der Waals surface area contributed by atoms with Gasteiger partial charge in [-0.25, -0.2) is 0 Å². The second-order valence-corrected chi connectivity index (χ2v) is 6.14. The van der Waals surface area contributed by atoms with Crippen molar-refractivity contribution in [2.45, 2.75) is 19.0 Å². The van der Waals surface area contributed by atoms with E-state index in [1.807, 2.05) is 19.1 Å². The summed E-state index contributed by atoms with van der Waals surface area (Å²) >= 11 is 0. The maximum atomic E-state index is 12.7. The van der Waals surface area contributed by atoms with Gasteiger partial charge >= 0.3 is 0 Å². The van der Waals surface area contributed by atoms with Gasteiger partial charge in [0, 0.05) is 5.69 Å². The lowest BCUT2D eigenvalue weighted by Gasteiger charge is -2.46. The standard InChI is InChI=1S/C19H14N2O4/c1-11-6-8-12(9-7-11)20-15(10-22)16(19(20)25)21-17(23)13-4-2-3-5-14(13)18(21)24/h2-10,15-16H,1H3. The van der Waals surface area contributed by atoms with Crippen molar-refractivity contribution in [3.63, 3.8) is 0 Å².